The first kappa shape index (κ1) is 13.9. The summed E-state index contributed by atoms with van der Waals surface area (Å²) in [4.78, 5) is 14.0. The summed E-state index contributed by atoms with van der Waals surface area (Å²) in [6.45, 7) is 2.92. The molecule has 0 spiro atoms. The maximum atomic E-state index is 11.6. The summed E-state index contributed by atoms with van der Waals surface area (Å²) in [5.74, 6) is -0.621. The Bertz CT molecular complexity index is 284. The van der Waals surface area contributed by atoms with Crippen LogP contribution in [0.25, 0.3) is 0 Å². The molecule has 104 valence electrons. The van der Waals surface area contributed by atoms with Gasteiger partial charge in [0.2, 0.25) is 0 Å². The maximum Gasteiger partial charge on any atom is 0.323 e. The van der Waals surface area contributed by atoms with Gasteiger partial charge in [0.25, 0.3) is 0 Å². The zero-order valence-electron chi connectivity index (χ0n) is 11.7. The van der Waals surface area contributed by atoms with Crippen molar-refractivity contribution in [3.8, 4) is 0 Å². The lowest BCUT2D eigenvalue weighted by Gasteiger charge is -2.46. The minimum atomic E-state index is -0.621. The average molecular weight is 253 g/mol. The van der Waals surface area contributed by atoms with Crippen LogP contribution in [0, 0.1) is 0 Å². The lowest BCUT2D eigenvalue weighted by atomic mass is 9.84. The Morgan fingerprint density at radius 3 is 2.28 bits per heavy atom. The molecule has 0 radical (unpaired) electrons. The fourth-order valence-electron chi connectivity index (χ4n) is 3.70. The molecule has 1 aliphatic carbocycles. The Labute approximate surface area is 111 Å². The number of likely N-dealkylation sites (tertiary alicyclic amines) is 1. The number of carboxylic acid groups (broad SMARTS) is 1. The molecule has 3 nitrogen and oxygen atoms in total. The molecule has 1 aliphatic heterocycles. The van der Waals surface area contributed by atoms with E-state index in [9.17, 15) is 9.90 Å². The van der Waals surface area contributed by atoms with E-state index in [0.29, 0.717) is 6.04 Å². The zero-order valence-corrected chi connectivity index (χ0v) is 11.7. The predicted octanol–water partition coefficient (Wildman–Crippen LogP) is 3.43. The smallest absolute Gasteiger partial charge is 0.323 e. The van der Waals surface area contributed by atoms with Crippen LogP contribution in [0.2, 0.25) is 0 Å². The second kappa shape index (κ2) is 6.05. The fraction of sp³-hybridized carbons (Fsp3) is 0.933. The zero-order chi connectivity index (χ0) is 13.0. The molecule has 1 N–H and O–H groups in total. The molecule has 0 bridgehead atoms. The molecule has 1 unspecified atom stereocenters. The number of hydrogen-bond acceptors (Lipinski definition) is 2. The third-order valence-corrected chi connectivity index (χ3v) is 4.92. The molecular formula is C15H27NO2. The van der Waals surface area contributed by atoms with E-state index in [-0.39, 0.29) is 0 Å². The predicted molar refractivity (Wildman–Crippen MR) is 72.7 cm³/mol. The Kier molecular flexibility index (Phi) is 4.66. The second-order valence-corrected chi connectivity index (χ2v) is 6.23. The van der Waals surface area contributed by atoms with Gasteiger partial charge in [-0.05, 0) is 45.6 Å². The topological polar surface area (TPSA) is 40.5 Å². The van der Waals surface area contributed by atoms with Crippen molar-refractivity contribution in [1.29, 1.82) is 0 Å². The van der Waals surface area contributed by atoms with Crippen molar-refractivity contribution in [2.75, 3.05) is 6.54 Å². The van der Waals surface area contributed by atoms with E-state index < -0.39 is 11.5 Å². The van der Waals surface area contributed by atoms with Crippen molar-refractivity contribution < 1.29 is 9.90 Å². The Balaban J connectivity index is 2.09. The summed E-state index contributed by atoms with van der Waals surface area (Å²) in [6.07, 6.45) is 12.0. The molecule has 2 fully saturated rings. The minimum absolute atomic E-state index is 0.506. The van der Waals surface area contributed by atoms with E-state index in [1.807, 2.05) is 6.92 Å². The van der Waals surface area contributed by atoms with Crippen molar-refractivity contribution in [3.05, 3.63) is 0 Å². The number of hydrogen-bond donors (Lipinski definition) is 1. The first-order valence-corrected chi connectivity index (χ1v) is 7.65. The van der Waals surface area contributed by atoms with E-state index in [2.05, 4.69) is 4.90 Å². The monoisotopic (exact) mass is 253 g/mol. The number of nitrogens with zero attached hydrogens (tertiary/aromatic N) is 1. The van der Waals surface area contributed by atoms with Crippen LogP contribution in [0.1, 0.15) is 71.1 Å². The first-order valence-electron chi connectivity index (χ1n) is 7.65. The van der Waals surface area contributed by atoms with Gasteiger partial charge < -0.3 is 5.11 Å². The SMILES string of the molecule is CC1(C(=O)O)CCCCN1C1CCCCCCC1. The van der Waals surface area contributed by atoms with Crippen molar-refractivity contribution in [2.45, 2.75) is 82.7 Å². The average Bonchev–Trinajstić information content (AvgIpc) is 2.30. The third-order valence-electron chi connectivity index (χ3n) is 4.92. The van der Waals surface area contributed by atoms with Crippen LogP contribution < -0.4 is 0 Å². The van der Waals surface area contributed by atoms with Gasteiger partial charge in [0, 0.05) is 6.04 Å². The van der Waals surface area contributed by atoms with Gasteiger partial charge in [0.15, 0.2) is 0 Å². The van der Waals surface area contributed by atoms with Gasteiger partial charge in [0.1, 0.15) is 5.54 Å². The summed E-state index contributed by atoms with van der Waals surface area (Å²) >= 11 is 0. The van der Waals surface area contributed by atoms with Crippen LogP contribution in [-0.4, -0.2) is 34.1 Å². The molecule has 0 aromatic heterocycles. The molecule has 2 rings (SSSR count). The molecule has 1 heterocycles. The van der Waals surface area contributed by atoms with Crippen LogP contribution in [0.15, 0.2) is 0 Å². The lowest BCUT2D eigenvalue weighted by Crippen LogP contribution is -2.59. The lowest BCUT2D eigenvalue weighted by molar-refractivity contribution is -0.155. The number of piperidine rings is 1. The van der Waals surface area contributed by atoms with E-state index in [1.165, 1.54) is 51.4 Å². The molecule has 3 heteroatoms. The summed E-state index contributed by atoms with van der Waals surface area (Å²) in [6, 6.07) is 0.506. The van der Waals surface area contributed by atoms with Crippen LogP contribution in [0.5, 0.6) is 0 Å². The Hall–Kier alpha value is -0.570. The van der Waals surface area contributed by atoms with Crippen molar-refractivity contribution in [3.63, 3.8) is 0 Å². The molecule has 1 saturated carbocycles. The maximum absolute atomic E-state index is 11.6. The van der Waals surface area contributed by atoms with Gasteiger partial charge in [-0.15, -0.1) is 0 Å². The number of aliphatic carboxylic acids is 1. The highest BCUT2D eigenvalue weighted by Gasteiger charge is 2.44. The standard InChI is InChI=1S/C15H27NO2/c1-15(14(17)18)11-7-8-12-16(15)13-9-5-3-2-4-6-10-13/h13H,2-12H2,1H3,(H,17,18). The molecule has 1 saturated heterocycles. The second-order valence-electron chi connectivity index (χ2n) is 6.23. The highest BCUT2D eigenvalue weighted by atomic mass is 16.4. The first-order chi connectivity index (χ1) is 8.64. The van der Waals surface area contributed by atoms with Gasteiger partial charge in [-0.3, -0.25) is 9.69 Å². The van der Waals surface area contributed by atoms with Crippen molar-refractivity contribution >= 4 is 5.97 Å². The van der Waals surface area contributed by atoms with Gasteiger partial charge in [-0.25, -0.2) is 0 Å². The number of rotatable bonds is 2. The van der Waals surface area contributed by atoms with Gasteiger partial charge >= 0.3 is 5.97 Å². The molecule has 0 amide bonds. The number of carbonyl (C=O) groups is 1. The van der Waals surface area contributed by atoms with Crippen LogP contribution in [0.4, 0.5) is 0 Å². The highest BCUT2D eigenvalue weighted by Crippen LogP contribution is 2.34. The van der Waals surface area contributed by atoms with E-state index in [1.54, 1.807) is 0 Å². The van der Waals surface area contributed by atoms with Gasteiger partial charge in [-0.2, -0.15) is 0 Å². The normalized spacial score (nSPS) is 32.7. The molecule has 18 heavy (non-hydrogen) atoms. The van der Waals surface area contributed by atoms with Crippen LogP contribution in [0.3, 0.4) is 0 Å². The Morgan fingerprint density at radius 2 is 1.67 bits per heavy atom. The third kappa shape index (κ3) is 2.87. The summed E-state index contributed by atoms with van der Waals surface area (Å²) in [5.41, 5.74) is -0.609. The van der Waals surface area contributed by atoms with Crippen molar-refractivity contribution in [1.82, 2.24) is 4.90 Å². The summed E-state index contributed by atoms with van der Waals surface area (Å²) < 4.78 is 0. The molecule has 1 atom stereocenters. The van der Waals surface area contributed by atoms with Crippen LogP contribution in [-0.2, 0) is 4.79 Å². The summed E-state index contributed by atoms with van der Waals surface area (Å²) in [5, 5.41) is 9.58. The van der Waals surface area contributed by atoms with Gasteiger partial charge in [-0.1, -0.05) is 32.1 Å². The van der Waals surface area contributed by atoms with Crippen molar-refractivity contribution in [2.24, 2.45) is 0 Å². The Morgan fingerprint density at radius 1 is 1.06 bits per heavy atom. The quantitative estimate of drug-likeness (QED) is 0.819. The molecule has 2 aliphatic rings. The highest BCUT2D eigenvalue weighted by molar-refractivity contribution is 5.78. The minimum Gasteiger partial charge on any atom is -0.480 e. The van der Waals surface area contributed by atoms with E-state index in [0.717, 1.165) is 19.4 Å². The van der Waals surface area contributed by atoms with E-state index in [4.69, 9.17) is 0 Å². The van der Waals surface area contributed by atoms with E-state index >= 15 is 0 Å². The molecule has 0 aromatic carbocycles. The number of carboxylic acids is 1. The molecule has 0 aromatic rings. The molecular weight excluding hydrogens is 226 g/mol. The van der Waals surface area contributed by atoms with Crippen LogP contribution >= 0.6 is 0 Å². The fourth-order valence-corrected chi connectivity index (χ4v) is 3.70. The summed E-state index contributed by atoms with van der Waals surface area (Å²) in [7, 11) is 0. The largest absolute Gasteiger partial charge is 0.480 e. The van der Waals surface area contributed by atoms with Gasteiger partial charge in [0.05, 0.1) is 0 Å².